The van der Waals surface area contributed by atoms with E-state index in [1.54, 1.807) is 4.90 Å². The second kappa shape index (κ2) is 10.3. The van der Waals surface area contributed by atoms with Crippen molar-refractivity contribution >= 4 is 24.2 Å². The molecule has 0 aliphatic carbocycles. The molecule has 1 aliphatic rings. The third kappa shape index (κ3) is 6.49. The number of carbonyl (C=O) groups excluding carboxylic acids is 2. The fourth-order valence-corrected chi connectivity index (χ4v) is 3.21. The summed E-state index contributed by atoms with van der Waals surface area (Å²) in [4.78, 5) is 25.5. The van der Waals surface area contributed by atoms with Crippen molar-refractivity contribution < 1.29 is 9.59 Å². The molecule has 134 valence electrons. The van der Waals surface area contributed by atoms with Crippen LogP contribution in [0.25, 0.3) is 0 Å². The maximum Gasteiger partial charge on any atom is 0.237 e. The molecule has 1 aromatic rings. The number of hydrogen-bond acceptors (Lipinski definition) is 3. The van der Waals surface area contributed by atoms with Crippen LogP contribution in [-0.2, 0) is 16.1 Å². The molecule has 1 unspecified atom stereocenters. The van der Waals surface area contributed by atoms with Crippen molar-refractivity contribution in [2.24, 2.45) is 17.6 Å². The standard InChI is InChI=1S/C18H27N3O2.ClH/c1-14(16-7-9-20-10-8-16)11-18(23)21(13-17(19)22)12-15-5-3-2-4-6-15;/h2-6,14,16,20H,7-13H2,1H3,(H2,19,22);1H. The molecule has 3 N–H and O–H groups in total. The monoisotopic (exact) mass is 353 g/mol. The molecule has 2 rings (SSSR count). The van der Waals surface area contributed by atoms with Gasteiger partial charge in [0.1, 0.15) is 0 Å². The summed E-state index contributed by atoms with van der Waals surface area (Å²) in [6, 6.07) is 9.71. The van der Waals surface area contributed by atoms with Gasteiger partial charge in [-0.05, 0) is 43.3 Å². The first-order valence-corrected chi connectivity index (χ1v) is 8.37. The summed E-state index contributed by atoms with van der Waals surface area (Å²) in [5, 5.41) is 3.35. The molecule has 1 aliphatic heterocycles. The molecule has 6 heteroatoms. The summed E-state index contributed by atoms with van der Waals surface area (Å²) in [5.41, 5.74) is 6.33. The molecule has 24 heavy (non-hydrogen) atoms. The number of halogens is 1. The Morgan fingerprint density at radius 3 is 2.46 bits per heavy atom. The van der Waals surface area contributed by atoms with E-state index in [0.29, 0.717) is 24.8 Å². The molecular formula is C18H28ClN3O2. The van der Waals surface area contributed by atoms with Crippen molar-refractivity contribution in [2.45, 2.75) is 32.7 Å². The molecule has 5 nitrogen and oxygen atoms in total. The van der Waals surface area contributed by atoms with E-state index in [1.165, 1.54) is 0 Å². The van der Waals surface area contributed by atoms with Gasteiger partial charge in [-0.15, -0.1) is 12.4 Å². The lowest BCUT2D eigenvalue weighted by Gasteiger charge is -2.30. The van der Waals surface area contributed by atoms with Gasteiger partial charge in [0.2, 0.25) is 11.8 Å². The Bertz CT molecular complexity index is 518. The molecule has 0 bridgehead atoms. The Kier molecular flexibility index (Phi) is 8.79. The normalized spacial score (nSPS) is 16.0. The van der Waals surface area contributed by atoms with E-state index in [0.717, 1.165) is 31.5 Å². The molecule has 1 heterocycles. The zero-order valence-electron chi connectivity index (χ0n) is 14.2. The molecule has 0 aromatic heterocycles. The number of hydrogen-bond donors (Lipinski definition) is 2. The Morgan fingerprint density at radius 1 is 1.25 bits per heavy atom. The molecule has 1 aromatic carbocycles. The van der Waals surface area contributed by atoms with Gasteiger partial charge >= 0.3 is 0 Å². The highest BCUT2D eigenvalue weighted by molar-refractivity contribution is 5.85. The zero-order valence-corrected chi connectivity index (χ0v) is 15.1. The van der Waals surface area contributed by atoms with Crippen LogP contribution in [0.4, 0.5) is 0 Å². The third-order valence-electron chi connectivity index (χ3n) is 4.60. The van der Waals surface area contributed by atoms with Crippen molar-refractivity contribution in [1.29, 1.82) is 0 Å². The number of amides is 2. The first-order valence-electron chi connectivity index (χ1n) is 8.37. The van der Waals surface area contributed by atoms with Gasteiger partial charge in [0.05, 0.1) is 6.54 Å². The van der Waals surface area contributed by atoms with Crippen LogP contribution < -0.4 is 11.1 Å². The van der Waals surface area contributed by atoms with Gasteiger partial charge in [-0.3, -0.25) is 9.59 Å². The predicted molar refractivity (Wildman–Crippen MR) is 97.7 cm³/mol. The topological polar surface area (TPSA) is 75.4 Å². The smallest absolute Gasteiger partial charge is 0.237 e. The zero-order chi connectivity index (χ0) is 16.7. The highest BCUT2D eigenvalue weighted by Crippen LogP contribution is 2.25. The van der Waals surface area contributed by atoms with Crippen LogP contribution in [0, 0.1) is 11.8 Å². The molecule has 1 saturated heterocycles. The Hall–Kier alpha value is -1.59. The SMILES string of the molecule is CC(CC(=O)N(CC(N)=O)Cc1ccccc1)C1CCNCC1.Cl. The van der Waals surface area contributed by atoms with Crippen LogP contribution in [-0.4, -0.2) is 36.3 Å². The van der Waals surface area contributed by atoms with Crippen LogP contribution in [0.3, 0.4) is 0 Å². The lowest BCUT2D eigenvalue weighted by molar-refractivity contribution is -0.136. The summed E-state index contributed by atoms with van der Waals surface area (Å²) in [6.45, 7) is 4.60. The van der Waals surface area contributed by atoms with Crippen molar-refractivity contribution in [3.8, 4) is 0 Å². The molecular weight excluding hydrogens is 326 g/mol. The second-order valence-electron chi connectivity index (χ2n) is 6.47. The van der Waals surface area contributed by atoms with Crippen LogP contribution in [0.15, 0.2) is 30.3 Å². The minimum absolute atomic E-state index is 0. The maximum absolute atomic E-state index is 12.6. The van der Waals surface area contributed by atoms with Gasteiger partial charge in [0.15, 0.2) is 0 Å². The summed E-state index contributed by atoms with van der Waals surface area (Å²) in [5.74, 6) is 0.450. The fourth-order valence-electron chi connectivity index (χ4n) is 3.21. The quantitative estimate of drug-likeness (QED) is 0.786. The van der Waals surface area contributed by atoms with E-state index < -0.39 is 5.91 Å². The second-order valence-corrected chi connectivity index (χ2v) is 6.47. The summed E-state index contributed by atoms with van der Waals surface area (Å²) < 4.78 is 0. The Balaban J connectivity index is 0.00000288. The number of piperidine rings is 1. The minimum Gasteiger partial charge on any atom is -0.368 e. The number of nitrogens with two attached hydrogens (primary N) is 1. The Morgan fingerprint density at radius 2 is 1.88 bits per heavy atom. The first kappa shape index (κ1) is 20.5. The average molecular weight is 354 g/mol. The van der Waals surface area contributed by atoms with E-state index in [1.807, 2.05) is 30.3 Å². The van der Waals surface area contributed by atoms with Crippen molar-refractivity contribution in [1.82, 2.24) is 10.2 Å². The fraction of sp³-hybridized carbons (Fsp3) is 0.556. The maximum atomic E-state index is 12.6. The third-order valence-corrected chi connectivity index (χ3v) is 4.60. The van der Waals surface area contributed by atoms with Gasteiger partial charge in [-0.25, -0.2) is 0 Å². The highest BCUT2D eigenvalue weighted by Gasteiger charge is 2.25. The Labute approximate surface area is 150 Å². The van der Waals surface area contributed by atoms with Gasteiger partial charge in [-0.2, -0.15) is 0 Å². The molecule has 1 atom stereocenters. The molecule has 1 fully saturated rings. The first-order chi connectivity index (χ1) is 11.1. The van der Waals surface area contributed by atoms with E-state index in [9.17, 15) is 9.59 Å². The summed E-state index contributed by atoms with van der Waals surface area (Å²) >= 11 is 0. The van der Waals surface area contributed by atoms with Crippen LogP contribution in [0.5, 0.6) is 0 Å². The predicted octanol–water partition coefficient (Wildman–Crippen LogP) is 1.95. The van der Waals surface area contributed by atoms with Gasteiger partial charge in [0, 0.05) is 13.0 Å². The van der Waals surface area contributed by atoms with E-state index in [2.05, 4.69) is 12.2 Å². The molecule has 0 saturated carbocycles. The van der Waals surface area contributed by atoms with Gasteiger partial charge in [-0.1, -0.05) is 37.3 Å². The number of benzene rings is 1. The number of rotatable bonds is 7. The minimum atomic E-state index is -0.469. The van der Waals surface area contributed by atoms with Crippen molar-refractivity contribution in [2.75, 3.05) is 19.6 Å². The number of primary amides is 1. The average Bonchev–Trinajstić information content (AvgIpc) is 2.55. The summed E-state index contributed by atoms with van der Waals surface area (Å²) in [7, 11) is 0. The number of nitrogens with zero attached hydrogens (tertiary/aromatic N) is 1. The molecule has 0 spiro atoms. The lowest BCUT2D eigenvalue weighted by atomic mass is 9.84. The molecule has 2 amide bonds. The molecule has 0 radical (unpaired) electrons. The van der Waals surface area contributed by atoms with Crippen molar-refractivity contribution in [3.05, 3.63) is 35.9 Å². The summed E-state index contributed by atoms with van der Waals surface area (Å²) in [6.07, 6.45) is 2.71. The largest absolute Gasteiger partial charge is 0.368 e. The van der Waals surface area contributed by atoms with Crippen molar-refractivity contribution in [3.63, 3.8) is 0 Å². The van der Waals surface area contributed by atoms with E-state index >= 15 is 0 Å². The van der Waals surface area contributed by atoms with Crippen LogP contribution in [0.2, 0.25) is 0 Å². The van der Waals surface area contributed by atoms with Crippen LogP contribution >= 0.6 is 12.4 Å². The van der Waals surface area contributed by atoms with E-state index in [-0.39, 0.29) is 24.9 Å². The number of nitrogens with one attached hydrogen (secondary N) is 1. The highest BCUT2D eigenvalue weighted by atomic mass is 35.5. The van der Waals surface area contributed by atoms with Gasteiger partial charge in [0.25, 0.3) is 0 Å². The van der Waals surface area contributed by atoms with Crippen LogP contribution in [0.1, 0.15) is 31.7 Å². The van der Waals surface area contributed by atoms with Gasteiger partial charge < -0.3 is 16.0 Å². The number of carbonyl (C=O) groups is 2. The van der Waals surface area contributed by atoms with E-state index in [4.69, 9.17) is 5.73 Å². The lowest BCUT2D eigenvalue weighted by Crippen LogP contribution is -2.39.